The van der Waals surface area contributed by atoms with Crippen LogP contribution < -0.4 is 5.32 Å². The van der Waals surface area contributed by atoms with Gasteiger partial charge >= 0.3 is 6.03 Å². The molecule has 186 valence electrons. The van der Waals surface area contributed by atoms with Crippen LogP contribution in [0.4, 0.5) is 4.79 Å². The van der Waals surface area contributed by atoms with E-state index in [1.165, 1.54) is 16.7 Å². The number of aliphatic hydroxyl groups excluding tert-OH is 1. The van der Waals surface area contributed by atoms with Gasteiger partial charge in [-0.3, -0.25) is 9.89 Å². The van der Waals surface area contributed by atoms with E-state index >= 15 is 0 Å². The number of hydrogen-bond acceptors (Lipinski definition) is 5. The lowest BCUT2D eigenvalue weighted by atomic mass is 9.65. The molecule has 2 amide bonds. The van der Waals surface area contributed by atoms with Crippen LogP contribution in [0.1, 0.15) is 38.2 Å². The van der Waals surface area contributed by atoms with Crippen molar-refractivity contribution in [2.45, 2.75) is 45.2 Å². The maximum atomic E-state index is 12.7. The average Bonchev–Trinajstić information content (AvgIpc) is 3.28. The highest BCUT2D eigenvalue weighted by molar-refractivity contribution is 6.10. The Labute approximate surface area is 207 Å². The maximum Gasteiger partial charge on any atom is 0.317 e. The number of fused-ring (bicyclic) bond motifs is 3. The van der Waals surface area contributed by atoms with E-state index in [9.17, 15) is 9.90 Å². The summed E-state index contributed by atoms with van der Waals surface area (Å²) in [6.45, 7) is 5.86. The molecule has 0 saturated carbocycles. The second-order valence-electron chi connectivity index (χ2n) is 9.98. The second kappa shape index (κ2) is 9.99. The number of amides is 2. The van der Waals surface area contributed by atoms with Crippen molar-refractivity contribution in [3.8, 4) is 0 Å². The molecule has 1 aliphatic carbocycles. The number of urea groups is 1. The van der Waals surface area contributed by atoms with Gasteiger partial charge < -0.3 is 20.1 Å². The van der Waals surface area contributed by atoms with Gasteiger partial charge in [-0.25, -0.2) is 4.79 Å². The summed E-state index contributed by atoms with van der Waals surface area (Å²) in [4.78, 5) is 22.1. The lowest BCUT2D eigenvalue weighted by Crippen LogP contribution is -2.59. The Balaban J connectivity index is 1.49. The standard InChI is InChI=1S/C28H36N4O3/c1-3-13-29-27(34)31-14-11-28(12-15-31)19-32(17-20-7-5-4-6-8-20)24(18-33)26-25(28)22-10-9-21(35-2)16-23(22)30-26/h4-9,16,24,33H,3,10-15,17-19H2,1-2H3,(H,29,34)/t24-/m0/s1. The lowest BCUT2D eigenvalue weighted by molar-refractivity contribution is 0.0602. The Kier molecular flexibility index (Phi) is 6.80. The molecule has 5 rings (SSSR count). The van der Waals surface area contributed by atoms with Crippen LogP contribution in [0.3, 0.4) is 0 Å². The molecule has 0 unspecified atom stereocenters. The van der Waals surface area contributed by atoms with Gasteiger partial charge in [0.2, 0.25) is 0 Å². The zero-order chi connectivity index (χ0) is 24.4. The number of likely N-dealkylation sites (tertiary alicyclic amines) is 2. The van der Waals surface area contributed by atoms with Crippen LogP contribution in [0, 0.1) is 5.41 Å². The van der Waals surface area contributed by atoms with Gasteiger partial charge in [-0.15, -0.1) is 0 Å². The van der Waals surface area contributed by atoms with E-state index in [0.29, 0.717) is 6.54 Å². The molecule has 1 atom stereocenters. The quantitative estimate of drug-likeness (QED) is 0.657. The molecule has 1 aromatic carbocycles. The largest absolute Gasteiger partial charge is 0.497 e. The van der Waals surface area contributed by atoms with Gasteiger partial charge in [0.05, 0.1) is 31.2 Å². The Morgan fingerprint density at radius 2 is 2.03 bits per heavy atom. The van der Waals surface area contributed by atoms with Crippen molar-refractivity contribution >= 4 is 11.7 Å². The Morgan fingerprint density at radius 3 is 2.71 bits per heavy atom. The monoisotopic (exact) mass is 476 g/mol. The molecule has 35 heavy (non-hydrogen) atoms. The van der Waals surface area contributed by atoms with Crippen molar-refractivity contribution in [1.29, 1.82) is 0 Å². The van der Waals surface area contributed by atoms with Crippen molar-refractivity contribution in [3.63, 3.8) is 0 Å². The molecule has 0 aromatic heterocycles. The van der Waals surface area contributed by atoms with Gasteiger partial charge in [0, 0.05) is 44.2 Å². The predicted octanol–water partition coefficient (Wildman–Crippen LogP) is 3.63. The van der Waals surface area contributed by atoms with E-state index in [-0.39, 0.29) is 24.1 Å². The fourth-order valence-corrected chi connectivity index (χ4v) is 6.06. The van der Waals surface area contributed by atoms with Gasteiger partial charge in [0.1, 0.15) is 5.76 Å². The molecule has 7 nitrogen and oxygen atoms in total. The van der Waals surface area contributed by atoms with Gasteiger partial charge in [-0.1, -0.05) is 37.3 Å². The van der Waals surface area contributed by atoms with Crippen molar-refractivity contribution < 1.29 is 14.6 Å². The fourth-order valence-electron chi connectivity index (χ4n) is 6.06. The number of benzene rings is 1. The molecule has 2 N–H and O–H groups in total. The summed E-state index contributed by atoms with van der Waals surface area (Å²) in [5.74, 6) is 0.838. The van der Waals surface area contributed by atoms with E-state index in [2.05, 4.69) is 47.5 Å². The van der Waals surface area contributed by atoms with Gasteiger partial charge in [0.25, 0.3) is 0 Å². The summed E-state index contributed by atoms with van der Waals surface area (Å²) < 4.78 is 5.50. The number of aliphatic imine (C=N–C) groups is 1. The molecule has 4 aliphatic rings. The van der Waals surface area contributed by atoms with Crippen LogP contribution >= 0.6 is 0 Å². The highest BCUT2D eigenvalue weighted by Gasteiger charge is 2.51. The zero-order valence-corrected chi connectivity index (χ0v) is 20.8. The molecule has 7 heteroatoms. The number of rotatable bonds is 6. The molecule has 0 bridgehead atoms. The van der Waals surface area contributed by atoms with Crippen molar-refractivity contribution in [1.82, 2.24) is 15.1 Å². The van der Waals surface area contributed by atoms with Crippen molar-refractivity contribution in [2.75, 3.05) is 39.9 Å². The van der Waals surface area contributed by atoms with Crippen LogP contribution in [0.2, 0.25) is 0 Å². The normalized spacial score (nSPS) is 23.3. The summed E-state index contributed by atoms with van der Waals surface area (Å²) in [7, 11) is 1.69. The molecule has 3 aliphatic heterocycles. The third-order valence-electron chi connectivity index (χ3n) is 7.86. The first-order valence-corrected chi connectivity index (χ1v) is 12.8. The van der Waals surface area contributed by atoms with Crippen LogP contribution in [-0.4, -0.2) is 72.6 Å². The highest BCUT2D eigenvalue weighted by atomic mass is 16.5. The number of carbonyl (C=O) groups is 1. The number of allylic oxidation sites excluding steroid dienone is 3. The first kappa shape index (κ1) is 23.8. The number of nitrogens with one attached hydrogen (secondary N) is 1. The third kappa shape index (κ3) is 4.43. The molecule has 2 saturated heterocycles. The Hall–Kier alpha value is -2.90. The molecular weight excluding hydrogens is 440 g/mol. The van der Waals surface area contributed by atoms with E-state index in [0.717, 1.165) is 69.0 Å². The number of hydrogen-bond donors (Lipinski definition) is 2. The van der Waals surface area contributed by atoms with Crippen LogP contribution in [0.15, 0.2) is 70.1 Å². The third-order valence-corrected chi connectivity index (χ3v) is 7.86. The minimum absolute atomic E-state index is 0.0297. The molecule has 2 fully saturated rings. The first-order chi connectivity index (χ1) is 17.1. The Bertz CT molecular complexity index is 1080. The van der Waals surface area contributed by atoms with Crippen LogP contribution in [0.5, 0.6) is 0 Å². The van der Waals surface area contributed by atoms with Gasteiger partial charge in [-0.2, -0.15) is 0 Å². The maximum absolute atomic E-state index is 12.7. The minimum atomic E-state index is -0.147. The number of carbonyl (C=O) groups excluding carboxylic acids is 1. The molecular formula is C28H36N4O3. The number of nitrogens with zero attached hydrogens (tertiary/aromatic N) is 3. The lowest BCUT2D eigenvalue weighted by Gasteiger charge is -2.51. The van der Waals surface area contributed by atoms with Gasteiger partial charge in [-0.05, 0) is 48.5 Å². The number of methoxy groups -OCH3 is 1. The molecule has 1 spiro atoms. The first-order valence-electron chi connectivity index (χ1n) is 12.8. The van der Waals surface area contributed by atoms with Gasteiger partial charge in [0.15, 0.2) is 0 Å². The van der Waals surface area contributed by atoms with Crippen LogP contribution in [-0.2, 0) is 11.3 Å². The van der Waals surface area contributed by atoms with Crippen molar-refractivity contribution in [3.05, 3.63) is 70.6 Å². The van der Waals surface area contributed by atoms with E-state index in [4.69, 9.17) is 9.73 Å². The zero-order valence-electron chi connectivity index (χ0n) is 20.8. The smallest absolute Gasteiger partial charge is 0.317 e. The average molecular weight is 477 g/mol. The minimum Gasteiger partial charge on any atom is -0.497 e. The summed E-state index contributed by atoms with van der Waals surface area (Å²) in [6, 6.07) is 10.3. The summed E-state index contributed by atoms with van der Waals surface area (Å²) in [5.41, 5.74) is 5.69. The molecule has 1 aromatic rings. The molecule has 3 heterocycles. The number of ether oxygens (including phenoxy) is 1. The highest BCUT2D eigenvalue weighted by Crippen LogP contribution is 2.51. The predicted molar refractivity (Wildman–Crippen MR) is 137 cm³/mol. The summed E-state index contributed by atoms with van der Waals surface area (Å²) >= 11 is 0. The van der Waals surface area contributed by atoms with Crippen molar-refractivity contribution in [2.24, 2.45) is 10.4 Å². The SMILES string of the molecule is CCCNC(=O)N1CCC2(CC1)CN(Cc1ccccc1)[C@@H](CO)C1=NC3=CC(OC)=CCC3=C12. The second-order valence-corrected chi connectivity index (χ2v) is 9.98. The number of aliphatic hydroxyl groups is 1. The van der Waals surface area contributed by atoms with E-state index in [1.54, 1.807) is 7.11 Å². The summed E-state index contributed by atoms with van der Waals surface area (Å²) in [5, 5.41) is 13.6. The summed E-state index contributed by atoms with van der Waals surface area (Å²) in [6.07, 6.45) is 7.65. The van der Waals surface area contributed by atoms with E-state index < -0.39 is 0 Å². The fraction of sp³-hybridized carbons (Fsp3) is 0.500. The Morgan fingerprint density at radius 1 is 1.26 bits per heavy atom. The van der Waals surface area contributed by atoms with Crippen LogP contribution in [0.25, 0.3) is 0 Å². The number of piperidine rings is 2. The van der Waals surface area contributed by atoms with E-state index in [1.807, 2.05) is 17.0 Å². The molecule has 0 radical (unpaired) electrons. The topological polar surface area (TPSA) is 77.4 Å².